The Balaban J connectivity index is 2.68. The number of hydrogen-bond donors (Lipinski definition) is 0. The van der Waals surface area contributed by atoms with Crippen molar-refractivity contribution in [3.05, 3.63) is 22.7 Å². The van der Waals surface area contributed by atoms with Crippen LogP contribution in [0.25, 0.3) is 6.08 Å². The lowest BCUT2D eigenvalue weighted by Crippen LogP contribution is -2.25. The second kappa shape index (κ2) is 4.34. The van der Waals surface area contributed by atoms with Crippen LogP contribution in [0.4, 0.5) is 0 Å². The standard InChI is InChI=1S/C10H14N2O4/c1-7-8(11-16-12(7)14)5-6-9(13)15-10(2,3)4/h5-6H,1-4H3. The van der Waals surface area contributed by atoms with Gasteiger partial charge in [0, 0.05) is 24.2 Å². The number of carbonyl (C=O) groups excluding carboxylic acids is 1. The van der Waals surface area contributed by atoms with Gasteiger partial charge in [0.15, 0.2) is 5.69 Å². The van der Waals surface area contributed by atoms with E-state index in [1.807, 2.05) is 0 Å². The summed E-state index contributed by atoms with van der Waals surface area (Å²) < 4.78 is 9.37. The van der Waals surface area contributed by atoms with Crippen molar-refractivity contribution >= 4 is 12.0 Å². The highest BCUT2D eigenvalue weighted by Gasteiger charge is 2.15. The number of carbonyl (C=O) groups is 1. The number of nitrogens with zero attached hydrogens (tertiary/aromatic N) is 2. The topological polar surface area (TPSA) is 79.3 Å². The first-order valence-electron chi connectivity index (χ1n) is 4.77. The SMILES string of the molecule is Cc1c(C=CC(=O)OC(C)(C)C)no[n+]1[O-]. The first-order chi connectivity index (χ1) is 7.29. The maximum atomic E-state index is 11.3. The van der Waals surface area contributed by atoms with Crippen molar-refractivity contribution in [3.8, 4) is 0 Å². The minimum atomic E-state index is -0.543. The summed E-state index contributed by atoms with van der Waals surface area (Å²) in [5.74, 6) is -0.493. The molecule has 1 aromatic rings. The third kappa shape index (κ3) is 3.38. The van der Waals surface area contributed by atoms with Gasteiger partial charge in [0.05, 0.1) is 0 Å². The number of ether oxygens (including phenoxy) is 1. The highest BCUT2D eigenvalue weighted by atomic mass is 16.8. The van der Waals surface area contributed by atoms with E-state index >= 15 is 0 Å². The molecule has 0 amide bonds. The lowest BCUT2D eigenvalue weighted by Gasteiger charge is -2.17. The van der Waals surface area contributed by atoms with E-state index in [-0.39, 0.29) is 4.90 Å². The smallest absolute Gasteiger partial charge is 0.331 e. The number of aromatic nitrogens is 2. The van der Waals surface area contributed by atoms with Crippen molar-refractivity contribution in [1.29, 1.82) is 0 Å². The van der Waals surface area contributed by atoms with Gasteiger partial charge in [0.1, 0.15) is 5.60 Å². The molecule has 0 atom stereocenters. The second-order valence-corrected chi connectivity index (χ2v) is 4.27. The molecule has 0 aliphatic rings. The molecule has 0 N–H and O–H groups in total. The molecule has 0 saturated heterocycles. The Morgan fingerprint density at radius 1 is 1.56 bits per heavy atom. The maximum absolute atomic E-state index is 11.3. The van der Waals surface area contributed by atoms with Gasteiger partial charge in [0.2, 0.25) is 5.69 Å². The average Bonchev–Trinajstić information content (AvgIpc) is 2.42. The molecule has 6 heteroatoms. The zero-order valence-electron chi connectivity index (χ0n) is 9.68. The molecular formula is C10H14N2O4. The van der Waals surface area contributed by atoms with Gasteiger partial charge in [-0.1, -0.05) is 0 Å². The second-order valence-electron chi connectivity index (χ2n) is 4.27. The molecule has 0 saturated carbocycles. The lowest BCUT2D eigenvalue weighted by molar-refractivity contribution is -0.806. The Bertz CT molecular complexity index is 415. The Kier molecular flexibility index (Phi) is 3.31. The van der Waals surface area contributed by atoms with Crippen LogP contribution in [0.1, 0.15) is 32.2 Å². The van der Waals surface area contributed by atoms with Crippen LogP contribution in [0.2, 0.25) is 0 Å². The van der Waals surface area contributed by atoms with Crippen LogP contribution in [0.15, 0.2) is 10.7 Å². The van der Waals surface area contributed by atoms with Crippen molar-refractivity contribution in [3.63, 3.8) is 0 Å². The zero-order chi connectivity index (χ0) is 12.3. The molecule has 1 heterocycles. The molecule has 0 spiro atoms. The van der Waals surface area contributed by atoms with E-state index in [9.17, 15) is 10.0 Å². The van der Waals surface area contributed by atoms with Gasteiger partial charge < -0.3 is 9.94 Å². The van der Waals surface area contributed by atoms with E-state index in [1.54, 1.807) is 20.8 Å². The summed E-state index contributed by atoms with van der Waals surface area (Å²) in [5.41, 5.74) is 0.0549. The van der Waals surface area contributed by atoms with Crippen molar-refractivity contribution in [2.24, 2.45) is 0 Å². The predicted molar refractivity (Wildman–Crippen MR) is 55.1 cm³/mol. The Labute approximate surface area is 93.0 Å². The minimum Gasteiger partial charge on any atom is -0.457 e. The van der Waals surface area contributed by atoms with Gasteiger partial charge in [0.25, 0.3) is 0 Å². The largest absolute Gasteiger partial charge is 0.457 e. The Morgan fingerprint density at radius 2 is 2.19 bits per heavy atom. The number of esters is 1. The van der Waals surface area contributed by atoms with E-state index in [4.69, 9.17) is 4.74 Å². The third-order valence-corrected chi connectivity index (χ3v) is 1.64. The lowest BCUT2D eigenvalue weighted by atomic mass is 10.2. The van der Waals surface area contributed by atoms with E-state index < -0.39 is 11.6 Å². The first-order valence-corrected chi connectivity index (χ1v) is 4.77. The van der Waals surface area contributed by atoms with Crippen LogP contribution < -0.4 is 4.90 Å². The van der Waals surface area contributed by atoms with Crippen molar-refractivity contribution in [2.75, 3.05) is 0 Å². The van der Waals surface area contributed by atoms with E-state index in [1.165, 1.54) is 19.1 Å². The molecule has 0 fully saturated rings. The van der Waals surface area contributed by atoms with Crippen LogP contribution in [0.3, 0.4) is 0 Å². The summed E-state index contributed by atoms with van der Waals surface area (Å²) in [6, 6.07) is 0. The normalized spacial score (nSPS) is 12.0. The van der Waals surface area contributed by atoms with Crippen molar-refractivity contribution in [2.45, 2.75) is 33.3 Å². The fourth-order valence-electron chi connectivity index (χ4n) is 0.936. The molecule has 6 nitrogen and oxygen atoms in total. The van der Waals surface area contributed by atoms with Crippen LogP contribution in [0, 0.1) is 12.1 Å². The highest BCUT2D eigenvalue weighted by molar-refractivity contribution is 5.87. The minimum absolute atomic E-state index is 0.273. The van der Waals surface area contributed by atoms with Gasteiger partial charge >= 0.3 is 5.97 Å². The molecule has 16 heavy (non-hydrogen) atoms. The summed E-state index contributed by atoms with van der Waals surface area (Å²) in [6.45, 7) is 6.85. The number of rotatable bonds is 2. The fourth-order valence-corrected chi connectivity index (χ4v) is 0.936. The molecule has 1 rings (SSSR count). The van der Waals surface area contributed by atoms with Gasteiger partial charge in [-0.15, -0.1) is 0 Å². The quantitative estimate of drug-likeness (QED) is 0.426. The van der Waals surface area contributed by atoms with Crippen LogP contribution in [-0.4, -0.2) is 16.7 Å². The summed E-state index contributed by atoms with van der Waals surface area (Å²) in [5, 5.41) is 14.3. The summed E-state index contributed by atoms with van der Waals surface area (Å²) in [6.07, 6.45) is 2.58. The molecule has 1 aromatic heterocycles. The molecule has 88 valence electrons. The molecule has 0 radical (unpaired) electrons. The van der Waals surface area contributed by atoms with Gasteiger partial charge in [-0.3, -0.25) is 4.63 Å². The molecule has 0 unspecified atom stereocenters. The average molecular weight is 226 g/mol. The van der Waals surface area contributed by atoms with Crippen LogP contribution in [-0.2, 0) is 9.53 Å². The maximum Gasteiger partial charge on any atom is 0.331 e. The number of hydrogen-bond acceptors (Lipinski definition) is 5. The summed E-state index contributed by atoms with van der Waals surface area (Å²) in [7, 11) is 0. The first kappa shape index (κ1) is 12.2. The van der Waals surface area contributed by atoms with Crippen molar-refractivity contribution in [1.82, 2.24) is 5.16 Å². The van der Waals surface area contributed by atoms with E-state index in [2.05, 4.69) is 9.79 Å². The molecule has 0 aliphatic carbocycles. The van der Waals surface area contributed by atoms with Crippen LogP contribution in [0.5, 0.6) is 0 Å². The monoisotopic (exact) mass is 226 g/mol. The summed E-state index contributed by atoms with van der Waals surface area (Å²) in [4.78, 5) is 11.6. The van der Waals surface area contributed by atoms with Crippen LogP contribution >= 0.6 is 0 Å². The Morgan fingerprint density at radius 3 is 2.62 bits per heavy atom. The van der Waals surface area contributed by atoms with Crippen molar-refractivity contribution < 1.29 is 19.1 Å². The third-order valence-electron chi connectivity index (χ3n) is 1.64. The molecule has 0 aromatic carbocycles. The Hall–Kier alpha value is -1.85. The van der Waals surface area contributed by atoms with E-state index in [0.717, 1.165) is 0 Å². The zero-order valence-corrected chi connectivity index (χ0v) is 9.68. The highest BCUT2D eigenvalue weighted by Crippen LogP contribution is 2.08. The predicted octanol–water partition coefficient (Wildman–Crippen LogP) is 0.971. The fraction of sp³-hybridized carbons (Fsp3) is 0.500. The molecule has 0 aliphatic heterocycles. The molecule has 0 bridgehead atoms. The van der Waals surface area contributed by atoms with E-state index in [0.29, 0.717) is 11.4 Å². The van der Waals surface area contributed by atoms with Gasteiger partial charge in [-0.2, -0.15) is 0 Å². The summed E-state index contributed by atoms with van der Waals surface area (Å²) >= 11 is 0. The van der Waals surface area contributed by atoms with Gasteiger partial charge in [-0.05, 0) is 25.7 Å². The van der Waals surface area contributed by atoms with Gasteiger partial charge in [-0.25, -0.2) is 4.79 Å². The molecular weight excluding hydrogens is 212 g/mol.